The Kier molecular flexibility index (Phi) is 5.03. The Morgan fingerprint density at radius 3 is 2.50 bits per heavy atom. The maximum Gasteiger partial charge on any atom is 0.123 e. The molecule has 0 aliphatic carbocycles. The molecule has 0 bridgehead atoms. The van der Waals surface area contributed by atoms with Crippen LogP contribution in [0, 0.1) is 5.82 Å². The maximum atomic E-state index is 13.6. The van der Waals surface area contributed by atoms with Gasteiger partial charge in [-0.1, -0.05) is 42.3 Å². The molecule has 1 atom stereocenters. The number of benzene rings is 2. The fraction of sp³-hybridized carbons (Fsp3) is 0.250. The van der Waals surface area contributed by atoms with Crippen molar-refractivity contribution in [3.8, 4) is 11.1 Å². The number of hydrogen-bond donors (Lipinski definition) is 1. The topological polar surface area (TPSA) is 12.0 Å². The minimum atomic E-state index is -0.265. The average molecular weight is 312 g/mol. The Labute approximate surface area is 128 Å². The number of hydrogen-bond acceptors (Lipinski definition) is 1. The van der Waals surface area contributed by atoms with E-state index in [1.807, 2.05) is 13.0 Å². The van der Waals surface area contributed by atoms with Gasteiger partial charge in [0.2, 0.25) is 0 Å². The summed E-state index contributed by atoms with van der Waals surface area (Å²) in [5.41, 5.74) is 2.72. The normalized spacial score (nSPS) is 12.4. The monoisotopic (exact) mass is 311 g/mol. The van der Waals surface area contributed by atoms with Gasteiger partial charge in [-0.3, -0.25) is 0 Å². The molecule has 0 aliphatic heterocycles. The van der Waals surface area contributed by atoms with Gasteiger partial charge in [-0.25, -0.2) is 4.39 Å². The molecule has 0 aromatic heterocycles. The van der Waals surface area contributed by atoms with E-state index in [-0.39, 0.29) is 11.9 Å². The third-order valence-electron chi connectivity index (χ3n) is 3.22. The van der Waals surface area contributed by atoms with Gasteiger partial charge in [-0.2, -0.15) is 0 Å². The standard InChI is InChI=1S/C16H16Cl2FN/c1-3-20-10(2)13-6-5-12(19)9-14(13)11-4-7-15(17)16(18)8-11/h4-10,20H,3H2,1-2H3. The second-order valence-corrected chi connectivity index (χ2v) is 5.45. The van der Waals surface area contributed by atoms with Crippen LogP contribution in [0.3, 0.4) is 0 Å². The Bertz CT molecular complexity index is 613. The number of halogens is 3. The second-order valence-electron chi connectivity index (χ2n) is 4.64. The molecule has 2 rings (SSSR count). The van der Waals surface area contributed by atoms with Gasteiger partial charge in [0.25, 0.3) is 0 Å². The lowest BCUT2D eigenvalue weighted by Crippen LogP contribution is -2.18. The highest BCUT2D eigenvalue weighted by atomic mass is 35.5. The van der Waals surface area contributed by atoms with E-state index in [4.69, 9.17) is 23.2 Å². The van der Waals surface area contributed by atoms with Gasteiger partial charge in [0.1, 0.15) is 5.82 Å². The van der Waals surface area contributed by atoms with Gasteiger partial charge in [0.15, 0.2) is 0 Å². The smallest absolute Gasteiger partial charge is 0.123 e. The van der Waals surface area contributed by atoms with Crippen molar-refractivity contribution in [1.29, 1.82) is 0 Å². The summed E-state index contributed by atoms with van der Waals surface area (Å²) in [7, 11) is 0. The summed E-state index contributed by atoms with van der Waals surface area (Å²) in [4.78, 5) is 0. The lowest BCUT2D eigenvalue weighted by atomic mass is 9.95. The van der Waals surface area contributed by atoms with Crippen molar-refractivity contribution in [3.05, 3.63) is 57.8 Å². The summed E-state index contributed by atoms with van der Waals surface area (Å²) in [6.45, 7) is 4.94. The second kappa shape index (κ2) is 6.57. The van der Waals surface area contributed by atoms with Gasteiger partial charge in [0.05, 0.1) is 10.0 Å². The van der Waals surface area contributed by atoms with Crippen LogP contribution in [-0.4, -0.2) is 6.54 Å². The van der Waals surface area contributed by atoms with E-state index < -0.39 is 0 Å². The maximum absolute atomic E-state index is 13.6. The molecule has 0 saturated carbocycles. The highest BCUT2D eigenvalue weighted by Gasteiger charge is 2.13. The van der Waals surface area contributed by atoms with Crippen LogP contribution >= 0.6 is 23.2 Å². The molecule has 106 valence electrons. The van der Waals surface area contributed by atoms with Crippen LogP contribution in [0.15, 0.2) is 36.4 Å². The number of rotatable bonds is 4. The zero-order valence-corrected chi connectivity index (χ0v) is 12.9. The first-order chi connectivity index (χ1) is 9.52. The Morgan fingerprint density at radius 2 is 1.85 bits per heavy atom. The molecule has 2 aromatic rings. The summed E-state index contributed by atoms with van der Waals surface area (Å²) in [5, 5.41) is 4.30. The van der Waals surface area contributed by atoms with Crippen LogP contribution in [0.2, 0.25) is 10.0 Å². The molecule has 1 N–H and O–H groups in total. The first-order valence-corrected chi connectivity index (χ1v) is 7.26. The number of nitrogens with one attached hydrogen (secondary N) is 1. The molecule has 0 spiro atoms. The predicted octanol–water partition coefficient (Wildman–Crippen LogP) is 5.47. The molecule has 1 unspecified atom stereocenters. The Hall–Kier alpha value is -1.09. The molecular formula is C16H16Cl2FN. The fourth-order valence-electron chi connectivity index (χ4n) is 2.24. The largest absolute Gasteiger partial charge is 0.310 e. The van der Waals surface area contributed by atoms with E-state index in [0.29, 0.717) is 10.0 Å². The molecule has 0 heterocycles. The van der Waals surface area contributed by atoms with Crippen molar-refractivity contribution in [2.24, 2.45) is 0 Å². The van der Waals surface area contributed by atoms with Crippen molar-refractivity contribution in [2.45, 2.75) is 19.9 Å². The molecule has 20 heavy (non-hydrogen) atoms. The van der Waals surface area contributed by atoms with Crippen LogP contribution in [0.4, 0.5) is 4.39 Å². The molecular weight excluding hydrogens is 296 g/mol. The SMILES string of the molecule is CCNC(C)c1ccc(F)cc1-c1ccc(Cl)c(Cl)c1. The first-order valence-electron chi connectivity index (χ1n) is 6.51. The molecule has 0 amide bonds. The van der Waals surface area contributed by atoms with Crippen LogP contribution < -0.4 is 5.32 Å². The van der Waals surface area contributed by atoms with Crippen molar-refractivity contribution in [1.82, 2.24) is 5.32 Å². The predicted molar refractivity (Wildman–Crippen MR) is 83.9 cm³/mol. The zero-order chi connectivity index (χ0) is 14.7. The third-order valence-corrected chi connectivity index (χ3v) is 3.96. The zero-order valence-electron chi connectivity index (χ0n) is 11.4. The van der Waals surface area contributed by atoms with E-state index in [2.05, 4.69) is 12.2 Å². The van der Waals surface area contributed by atoms with E-state index in [0.717, 1.165) is 23.2 Å². The Balaban J connectivity index is 2.53. The molecule has 4 heteroatoms. The Morgan fingerprint density at radius 1 is 1.10 bits per heavy atom. The highest BCUT2D eigenvalue weighted by Crippen LogP contribution is 2.33. The van der Waals surface area contributed by atoms with Crippen molar-refractivity contribution in [2.75, 3.05) is 6.54 Å². The fourth-order valence-corrected chi connectivity index (χ4v) is 2.53. The van der Waals surface area contributed by atoms with Crippen LogP contribution in [0.25, 0.3) is 11.1 Å². The van der Waals surface area contributed by atoms with Gasteiger partial charge in [-0.15, -0.1) is 0 Å². The van der Waals surface area contributed by atoms with Crippen molar-refractivity contribution >= 4 is 23.2 Å². The summed E-state index contributed by atoms with van der Waals surface area (Å²) >= 11 is 12.0. The lowest BCUT2D eigenvalue weighted by molar-refractivity contribution is 0.593. The third kappa shape index (κ3) is 3.32. The minimum Gasteiger partial charge on any atom is -0.310 e. The van der Waals surface area contributed by atoms with Gasteiger partial charge >= 0.3 is 0 Å². The van der Waals surface area contributed by atoms with E-state index in [1.165, 1.54) is 12.1 Å². The lowest BCUT2D eigenvalue weighted by Gasteiger charge is -2.18. The highest BCUT2D eigenvalue weighted by molar-refractivity contribution is 6.42. The molecule has 0 fully saturated rings. The van der Waals surface area contributed by atoms with E-state index in [1.54, 1.807) is 18.2 Å². The molecule has 0 aliphatic rings. The van der Waals surface area contributed by atoms with E-state index >= 15 is 0 Å². The minimum absolute atomic E-state index is 0.130. The van der Waals surface area contributed by atoms with E-state index in [9.17, 15) is 4.39 Å². The summed E-state index contributed by atoms with van der Waals surface area (Å²) < 4.78 is 13.6. The van der Waals surface area contributed by atoms with Crippen molar-refractivity contribution in [3.63, 3.8) is 0 Å². The van der Waals surface area contributed by atoms with Crippen LogP contribution in [0.1, 0.15) is 25.5 Å². The molecule has 1 nitrogen and oxygen atoms in total. The van der Waals surface area contributed by atoms with Crippen molar-refractivity contribution < 1.29 is 4.39 Å². The van der Waals surface area contributed by atoms with Gasteiger partial charge < -0.3 is 5.32 Å². The first kappa shape index (κ1) is 15.3. The molecule has 0 radical (unpaired) electrons. The summed E-state index contributed by atoms with van der Waals surface area (Å²) in [5.74, 6) is -0.265. The van der Waals surface area contributed by atoms with Crippen LogP contribution in [0.5, 0.6) is 0 Å². The molecule has 0 saturated heterocycles. The quantitative estimate of drug-likeness (QED) is 0.789. The average Bonchev–Trinajstić information content (AvgIpc) is 2.42. The van der Waals surface area contributed by atoms with Crippen LogP contribution in [-0.2, 0) is 0 Å². The van der Waals surface area contributed by atoms with Gasteiger partial charge in [0, 0.05) is 6.04 Å². The molecule has 2 aromatic carbocycles. The van der Waals surface area contributed by atoms with Gasteiger partial charge in [-0.05, 0) is 54.4 Å². The summed E-state index contributed by atoms with van der Waals surface area (Å²) in [6, 6.07) is 10.3. The summed E-state index contributed by atoms with van der Waals surface area (Å²) in [6.07, 6.45) is 0.